The van der Waals surface area contributed by atoms with Crippen molar-refractivity contribution < 1.29 is 0 Å². The molecule has 0 saturated heterocycles. The molecule has 0 bridgehead atoms. The van der Waals surface area contributed by atoms with E-state index in [0.717, 1.165) is 84.1 Å². The van der Waals surface area contributed by atoms with Gasteiger partial charge in [-0.1, -0.05) is 279 Å². The van der Waals surface area contributed by atoms with Gasteiger partial charge in [0.05, 0.1) is 55.9 Å². The second-order valence-electron chi connectivity index (χ2n) is 27.7. The van der Waals surface area contributed by atoms with Crippen LogP contribution in [0.4, 0.5) is 0 Å². The predicted molar refractivity (Wildman–Crippen MR) is 477 cm³/mol. The zero-order valence-electron chi connectivity index (χ0n) is 65.1. The summed E-state index contributed by atoms with van der Waals surface area (Å²) in [4.78, 5) is 47.9. The molecule has 11 nitrogen and oxygen atoms in total. The monoisotopic (exact) mass is 1480 g/mol. The van der Waals surface area contributed by atoms with E-state index in [4.69, 9.17) is 24.9 Å². The van der Waals surface area contributed by atoms with E-state index in [1.165, 1.54) is 110 Å². The molecule has 0 fully saturated rings. The zero-order chi connectivity index (χ0) is 78.5. The molecule has 0 radical (unpaired) electrons. The fraction of sp³-hybridized carbons (Fsp3) is 0.0777. The smallest absolute Gasteiger partial charge is 0.125 e. The molecule has 11 heteroatoms. The first-order valence-electron chi connectivity index (χ1n) is 38.1. The summed E-state index contributed by atoms with van der Waals surface area (Å²) < 4.78 is 0. The van der Waals surface area contributed by atoms with Gasteiger partial charge in [-0.15, -0.1) is 0 Å². The highest BCUT2D eigenvalue weighted by atomic mass is 14.9. The van der Waals surface area contributed by atoms with E-state index in [-0.39, 0.29) is 0 Å². The SMILES string of the molecule is Cc1c2ccc3ccccc3c2nc2c1ccc1ccccc12.Cc1c2ccccc2nc2c1ccc1ccccc12.Cc1ccc2cc3ccc4ccccc4c3nc2c1.Cc1cccnc1.Cc1cccnc1.Cc1ccncn1.Cc1nc(-c2ccccc2)c(-c2ccccc2)nc1-c1ccccc1.Cc1ncccn1. The van der Waals surface area contributed by atoms with Crippen LogP contribution >= 0.6 is 0 Å². The highest BCUT2D eigenvalue weighted by molar-refractivity contribution is 6.16. The lowest BCUT2D eigenvalue weighted by Gasteiger charge is -2.13. The van der Waals surface area contributed by atoms with Crippen molar-refractivity contribution in [2.75, 3.05) is 0 Å². The van der Waals surface area contributed by atoms with Gasteiger partial charge in [-0.3, -0.25) is 9.97 Å². The largest absolute Gasteiger partial charge is 0.264 e. The summed E-state index contributed by atoms with van der Waals surface area (Å²) >= 11 is 0. The molecule has 0 spiro atoms. The van der Waals surface area contributed by atoms with Crippen LogP contribution in [0.15, 0.2) is 371 Å². The molecular formula is C103H85N11. The van der Waals surface area contributed by atoms with Crippen LogP contribution in [0.25, 0.3) is 142 Å². The molecular weight excluding hydrogens is 1390 g/mol. The number of para-hydroxylation sites is 1. The molecule has 0 amide bonds. The molecule has 0 saturated carbocycles. The van der Waals surface area contributed by atoms with Gasteiger partial charge < -0.3 is 0 Å². The number of benzene rings is 13. The summed E-state index contributed by atoms with van der Waals surface area (Å²) in [6.45, 7) is 16.4. The number of nitrogens with zero attached hydrogens (tertiary/aromatic N) is 11. The maximum absolute atomic E-state index is 5.09. The Labute approximate surface area is 664 Å². The van der Waals surface area contributed by atoms with Crippen molar-refractivity contribution in [3.05, 3.63) is 416 Å². The van der Waals surface area contributed by atoms with Crippen molar-refractivity contribution in [1.82, 2.24) is 54.8 Å². The van der Waals surface area contributed by atoms with Crippen LogP contribution in [-0.4, -0.2) is 54.8 Å². The minimum Gasteiger partial charge on any atom is -0.264 e. The minimum atomic E-state index is 0.822. The lowest BCUT2D eigenvalue weighted by atomic mass is 9.97. The predicted octanol–water partition coefficient (Wildman–Crippen LogP) is 25.8. The van der Waals surface area contributed by atoms with Gasteiger partial charge in [-0.05, 0) is 147 Å². The van der Waals surface area contributed by atoms with Crippen LogP contribution in [0, 0.1) is 55.4 Å². The molecule has 0 aliphatic heterocycles. The Morgan fingerprint density at radius 3 is 1.07 bits per heavy atom. The number of aromatic nitrogens is 11. The molecule has 21 rings (SSSR count). The van der Waals surface area contributed by atoms with Gasteiger partial charge in [0.25, 0.3) is 0 Å². The average molecular weight is 1480 g/mol. The van der Waals surface area contributed by atoms with Crippen LogP contribution in [-0.2, 0) is 0 Å². The normalized spacial score (nSPS) is 10.6. The van der Waals surface area contributed by atoms with Crippen LogP contribution in [0.2, 0.25) is 0 Å². The van der Waals surface area contributed by atoms with E-state index >= 15 is 0 Å². The highest BCUT2D eigenvalue weighted by Crippen LogP contribution is 2.37. The summed E-state index contributed by atoms with van der Waals surface area (Å²) in [6, 6.07) is 111. The number of rotatable bonds is 3. The van der Waals surface area contributed by atoms with E-state index in [9.17, 15) is 0 Å². The molecule has 8 heterocycles. The zero-order valence-corrected chi connectivity index (χ0v) is 65.1. The maximum atomic E-state index is 5.09. The summed E-state index contributed by atoms with van der Waals surface area (Å²) in [5.74, 6) is 0.822. The first-order chi connectivity index (χ1) is 55.9. The first kappa shape index (κ1) is 76.2. The van der Waals surface area contributed by atoms with Gasteiger partial charge in [0.2, 0.25) is 0 Å². The molecule has 21 aromatic rings. The van der Waals surface area contributed by atoms with Crippen molar-refractivity contribution in [3.8, 4) is 33.8 Å². The molecule has 0 unspecified atom stereocenters. The minimum absolute atomic E-state index is 0.822. The first-order valence-corrected chi connectivity index (χ1v) is 38.1. The number of pyridine rings is 5. The number of aryl methyl sites for hydroxylation is 8. The van der Waals surface area contributed by atoms with Crippen molar-refractivity contribution in [3.63, 3.8) is 0 Å². The molecule has 0 aliphatic carbocycles. The van der Waals surface area contributed by atoms with E-state index in [2.05, 4.69) is 275 Å². The molecule has 0 atom stereocenters. The average Bonchev–Trinajstić information content (AvgIpc) is 0.459. The Bertz CT molecular complexity index is 6560. The summed E-state index contributed by atoms with van der Waals surface area (Å²) in [5.41, 5.74) is 20.8. The second kappa shape index (κ2) is 36.8. The lowest BCUT2D eigenvalue weighted by molar-refractivity contribution is 1.05. The van der Waals surface area contributed by atoms with Gasteiger partial charge in [0, 0.05) is 120 Å². The van der Waals surface area contributed by atoms with Crippen LogP contribution in [0.5, 0.6) is 0 Å². The van der Waals surface area contributed by atoms with Crippen molar-refractivity contribution in [2.45, 2.75) is 55.4 Å². The van der Waals surface area contributed by atoms with E-state index in [0.29, 0.717) is 0 Å². The highest BCUT2D eigenvalue weighted by Gasteiger charge is 2.17. The van der Waals surface area contributed by atoms with Gasteiger partial charge in [-0.25, -0.2) is 44.9 Å². The number of hydrogen-bond donors (Lipinski definition) is 0. The summed E-state index contributed by atoms with van der Waals surface area (Å²) in [6.07, 6.45) is 13.9. The Kier molecular flexibility index (Phi) is 24.6. The molecule has 8 aromatic heterocycles. The van der Waals surface area contributed by atoms with E-state index in [1.54, 1.807) is 37.1 Å². The second-order valence-corrected chi connectivity index (χ2v) is 27.7. The number of fused-ring (bicyclic) bond motifs is 14. The summed E-state index contributed by atoms with van der Waals surface area (Å²) in [5, 5.41) is 17.3. The quantitative estimate of drug-likeness (QED) is 0.123. The maximum Gasteiger partial charge on any atom is 0.125 e. The molecule has 114 heavy (non-hydrogen) atoms. The van der Waals surface area contributed by atoms with Gasteiger partial charge in [0.15, 0.2) is 0 Å². The van der Waals surface area contributed by atoms with E-state index < -0.39 is 0 Å². The Hall–Kier alpha value is -14.6. The number of hydrogen-bond acceptors (Lipinski definition) is 11. The standard InChI is InChI=1S/C23H18N2.C22H15N.2C18H13N.2C6H7N.2C5H6N2/c1-17-21(18-11-5-2-6-12-18)25-23(20-15-9-4-10-16-20)22(24-17)19-13-7-3-8-14-19;1-14-17-12-10-15-6-2-4-8-19(15)21(17)23-22-18(14)13-11-16-7-3-5-9-20(16)22;1-12-14-7-4-5-9-17(14)19-18-15(12)11-10-13-6-2-3-8-16(13)18;1-12-6-7-14-11-15-9-8-13-4-2-3-5-16(13)18(15)19-17(14)10-12;2*1-6-3-2-4-7-5-6;1-5-2-3-6-4-7-5;1-5-6-3-2-4-7-5/h2-16H,1H3;2-13H,1H3;2*2-11H,1H3;2*2-5H,1H3;2*2-4H,1H3. The van der Waals surface area contributed by atoms with Gasteiger partial charge in [0.1, 0.15) is 12.2 Å². The van der Waals surface area contributed by atoms with Gasteiger partial charge in [-0.2, -0.15) is 0 Å². The molecule has 13 aromatic carbocycles. The third kappa shape index (κ3) is 18.5. The third-order valence-corrected chi connectivity index (χ3v) is 19.6. The Balaban J connectivity index is 0.000000113. The summed E-state index contributed by atoms with van der Waals surface area (Å²) in [7, 11) is 0. The van der Waals surface area contributed by atoms with Crippen LogP contribution < -0.4 is 0 Å². The van der Waals surface area contributed by atoms with Gasteiger partial charge >= 0.3 is 0 Å². The Morgan fingerprint density at radius 2 is 0.632 bits per heavy atom. The van der Waals surface area contributed by atoms with Crippen molar-refractivity contribution >= 4 is 109 Å². The van der Waals surface area contributed by atoms with Crippen molar-refractivity contribution in [1.29, 1.82) is 0 Å². The van der Waals surface area contributed by atoms with Crippen LogP contribution in [0.1, 0.15) is 45.0 Å². The lowest BCUT2D eigenvalue weighted by Crippen LogP contribution is -2.00. The fourth-order valence-corrected chi connectivity index (χ4v) is 13.7. The third-order valence-electron chi connectivity index (χ3n) is 19.6. The molecule has 552 valence electrons. The fourth-order valence-electron chi connectivity index (χ4n) is 13.7. The topological polar surface area (TPSA) is 142 Å². The Morgan fingerprint density at radius 1 is 0.219 bits per heavy atom. The van der Waals surface area contributed by atoms with Crippen LogP contribution in [0.3, 0.4) is 0 Å². The van der Waals surface area contributed by atoms with E-state index in [1.807, 2.05) is 138 Å². The van der Waals surface area contributed by atoms with Crippen molar-refractivity contribution in [2.24, 2.45) is 0 Å². The molecule has 0 aliphatic rings. The molecule has 0 N–H and O–H groups in total.